The predicted octanol–water partition coefficient (Wildman–Crippen LogP) is 5.64. The quantitative estimate of drug-likeness (QED) is 0.271. The highest BCUT2D eigenvalue weighted by atomic mass is 32.2. The second kappa shape index (κ2) is 12.7. The number of piperazine rings is 1. The van der Waals surface area contributed by atoms with Gasteiger partial charge in [-0.05, 0) is 62.6 Å². The molecule has 3 heterocycles. The Labute approximate surface area is 242 Å². The van der Waals surface area contributed by atoms with Crippen LogP contribution in [0.5, 0.6) is 0 Å². The van der Waals surface area contributed by atoms with E-state index in [1.54, 1.807) is 6.07 Å². The van der Waals surface area contributed by atoms with Gasteiger partial charge >= 0.3 is 6.18 Å². The summed E-state index contributed by atoms with van der Waals surface area (Å²) in [6, 6.07) is 13.1. The Kier molecular flexibility index (Phi) is 9.03. The molecule has 1 amide bonds. The SMILES string of the molecule is Cc1nc(SCc2ccc(C(=O)NC[C@@H]3CCCO3)cc2)nc(N2CCN(c3cccc(C(F)(F)F)c3)CC2)c1C. The van der Waals surface area contributed by atoms with Crippen molar-refractivity contribution in [3.63, 3.8) is 0 Å². The minimum Gasteiger partial charge on any atom is -0.376 e. The van der Waals surface area contributed by atoms with Crippen LogP contribution in [0.15, 0.2) is 53.7 Å². The van der Waals surface area contributed by atoms with Gasteiger partial charge in [-0.3, -0.25) is 4.79 Å². The molecule has 0 radical (unpaired) electrons. The number of aryl methyl sites for hydroxylation is 1. The van der Waals surface area contributed by atoms with Crippen LogP contribution in [-0.4, -0.2) is 61.3 Å². The maximum atomic E-state index is 13.2. The van der Waals surface area contributed by atoms with Gasteiger partial charge < -0.3 is 19.9 Å². The number of rotatable bonds is 8. The van der Waals surface area contributed by atoms with E-state index in [-0.39, 0.29) is 12.0 Å². The van der Waals surface area contributed by atoms with Gasteiger partial charge in [-0.2, -0.15) is 13.2 Å². The fraction of sp³-hybridized carbons (Fsp3) is 0.433. The molecule has 0 spiro atoms. The van der Waals surface area contributed by atoms with Crippen molar-refractivity contribution < 1.29 is 22.7 Å². The summed E-state index contributed by atoms with van der Waals surface area (Å²) in [5.74, 6) is 1.42. The highest BCUT2D eigenvalue weighted by molar-refractivity contribution is 7.98. The van der Waals surface area contributed by atoms with Crippen LogP contribution in [0, 0.1) is 13.8 Å². The lowest BCUT2D eigenvalue weighted by atomic mass is 10.1. The molecule has 7 nitrogen and oxygen atoms in total. The number of anilines is 2. The third-order valence-corrected chi connectivity index (χ3v) is 8.48. The topological polar surface area (TPSA) is 70.6 Å². The number of aromatic nitrogens is 2. The number of amides is 1. The highest BCUT2D eigenvalue weighted by Gasteiger charge is 2.31. The molecule has 2 aliphatic rings. The Bertz CT molecular complexity index is 1360. The van der Waals surface area contributed by atoms with Crippen LogP contribution in [0.1, 0.15) is 45.6 Å². The van der Waals surface area contributed by atoms with E-state index >= 15 is 0 Å². The molecule has 3 aromatic rings. The first-order valence-electron chi connectivity index (χ1n) is 13.8. The third-order valence-electron chi connectivity index (χ3n) is 7.56. The smallest absolute Gasteiger partial charge is 0.376 e. The van der Waals surface area contributed by atoms with Gasteiger partial charge in [0.05, 0.1) is 11.7 Å². The van der Waals surface area contributed by atoms with E-state index in [9.17, 15) is 18.0 Å². The van der Waals surface area contributed by atoms with Crippen LogP contribution in [0.3, 0.4) is 0 Å². The molecule has 11 heteroatoms. The standard InChI is InChI=1S/C30H34F3N5O2S/c1-20-21(2)35-29(41-19-22-8-10-23(11-9-22)28(39)34-18-26-7-4-16-40-26)36-27(20)38-14-12-37(13-15-38)25-6-3-5-24(17-25)30(31,32)33/h3,5-6,8-11,17,26H,4,7,12-16,18-19H2,1-2H3,(H,34,39)/t26-/m0/s1. The molecular formula is C30H34F3N5O2S. The molecule has 0 aliphatic carbocycles. The molecule has 2 aliphatic heterocycles. The zero-order valence-corrected chi connectivity index (χ0v) is 24.0. The molecule has 5 rings (SSSR count). The molecule has 0 saturated carbocycles. The number of nitrogens with zero attached hydrogens (tertiary/aromatic N) is 4. The van der Waals surface area contributed by atoms with Crippen LogP contribution >= 0.6 is 11.8 Å². The maximum absolute atomic E-state index is 13.2. The fourth-order valence-electron chi connectivity index (χ4n) is 5.03. The Balaban J connectivity index is 1.18. The Morgan fingerprint density at radius 1 is 1.05 bits per heavy atom. The van der Waals surface area contributed by atoms with Crippen molar-refractivity contribution in [2.45, 2.75) is 49.9 Å². The lowest BCUT2D eigenvalue weighted by molar-refractivity contribution is -0.137. The molecule has 2 aromatic carbocycles. The summed E-state index contributed by atoms with van der Waals surface area (Å²) in [5, 5.41) is 3.61. The Morgan fingerprint density at radius 2 is 1.78 bits per heavy atom. The lowest BCUT2D eigenvalue weighted by Gasteiger charge is -2.37. The van der Waals surface area contributed by atoms with Crippen molar-refractivity contribution in [1.29, 1.82) is 0 Å². The number of hydrogen-bond acceptors (Lipinski definition) is 7. The van der Waals surface area contributed by atoms with E-state index in [2.05, 4.69) is 15.2 Å². The minimum atomic E-state index is -4.36. The number of carbonyl (C=O) groups excluding carboxylic acids is 1. The van der Waals surface area contributed by atoms with Crippen molar-refractivity contribution in [1.82, 2.24) is 15.3 Å². The van der Waals surface area contributed by atoms with Gasteiger partial charge in [-0.1, -0.05) is 30.0 Å². The molecule has 2 fully saturated rings. The van der Waals surface area contributed by atoms with Gasteiger partial charge in [0, 0.05) is 67.6 Å². The minimum absolute atomic E-state index is 0.102. The Hall–Kier alpha value is -3.31. The maximum Gasteiger partial charge on any atom is 0.416 e. The van der Waals surface area contributed by atoms with E-state index in [0.29, 0.717) is 54.9 Å². The average molecular weight is 586 g/mol. The van der Waals surface area contributed by atoms with E-state index < -0.39 is 11.7 Å². The molecule has 2 saturated heterocycles. The predicted molar refractivity (Wildman–Crippen MR) is 155 cm³/mol. The van der Waals surface area contributed by atoms with E-state index in [4.69, 9.17) is 9.72 Å². The lowest BCUT2D eigenvalue weighted by Crippen LogP contribution is -2.47. The van der Waals surface area contributed by atoms with Gasteiger partial charge in [0.2, 0.25) is 0 Å². The summed E-state index contributed by atoms with van der Waals surface area (Å²) in [4.78, 5) is 26.2. The summed E-state index contributed by atoms with van der Waals surface area (Å²) in [6.07, 6.45) is -2.23. The van der Waals surface area contributed by atoms with Gasteiger partial charge in [-0.15, -0.1) is 0 Å². The van der Waals surface area contributed by atoms with Crippen LogP contribution in [-0.2, 0) is 16.7 Å². The molecule has 0 bridgehead atoms. The first kappa shape index (κ1) is 29.2. The number of carbonyl (C=O) groups is 1. The number of nitrogens with one attached hydrogen (secondary N) is 1. The van der Waals surface area contributed by atoms with Crippen LogP contribution in [0.25, 0.3) is 0 Å². The molecule has 0 unspecified atom stereocenters. The summed E-state index contributed by atoms with van der Waals surface area (Å²) >= 11 is 1.53. The Morgan fingerprint density at radius 3 is 2.46 bits per heavy atom. The second-order valence-corrected chi connectivity index (χ2v) is 11.3. The van der Waals surface area contributed by atoms with Gasteiger partial charge in [0.1, 0.15) is 5.82 Å². The largest absolute Gasteiger partial charge is 0.416 e. The van der Waals surface area contributed by atoms with E-state index in [0.717, 1.165) is 48.2 Å². The van der Waals surface area contributed by atoms with Gasteiger partial charge in [-0.25, -0.2) is 9.97 Å². The zero-order valence-electron chi connectivity index (χ0n) is 23.2. The summed E-state index contributed by atoms with van der Waals surface area (Å²) < 4.78 is 45.1. The molecule has 1 N–H and O–H groups in total. The van der Waals surface area contributed by atoms with Crippen molar-refractivity contribution in [3.8, 4) is 0 Å². The third kappa shape index (κ3) is 7.32. The van der Waals surface area contributed by atoms with E-state index in [1.807, 2.05) is 43.0 Å². The molecular weight excluding hydrogens is 551 g/mol. The summed E-state index contributed by atoms with van der Waals surface area (Å²) in [7, 11) is 0. The molecule has 1 atom stereocenters. The van der Waals surface area contributed by atoms with Crippen molar-refractivity contribution in [3.05, 3.63) is 76.5 Å². The van der Waals surface area contributed by atoms with Gasteiger partial charge in [0.25, 0.3) is 5.91 Å². The first-order valence-corrected chi connectivity index (χ1v) is 14.8. The van der Waals surface area contributed by atoms with Crippen molar-refractivity contribution in [2.24, 2.45) is 0 Å². The number of thioether (sulfide) groups is 1. The normalized spacial score (nSPS) is 17.6. The van der Waals surface area contributed by atoms with Crippen LogP contribution < -0.4 is 15.1 Å². The fourth-order valence-corrected chi connectivity index (χ4v) is 5.87. The first-order chi connectivity index (χ1) is 19.7. The monoisotopic (exact) mass is 585 g/mol. The molecule has 218 valence electrons. The zero-order chi connectivity index (χ0) is 29.0. The number of alkyl halides is 3. The summed E-state index contributed by atoms with van der Waals surface area (Å²) in [6.45, 7) is 7.75. The van der Waals surface area contributed by atoms with Crippen molar-refractivity contribution in [2.75, 3.05) is 49.1 Å². The number of benzene rings is 2. The average Bonchev–Trinajstić information content (AvgIpc) is 3.50. The highest BCUT2D eigenvalue weighted by Crippen LogP contribution is 2.32. The van der Waals surface area contributed by atoms with E-state index in [1.165, 1.54) is 23.9 Å². The molecule has 41 heavy (non-hydrogen) atoms. The van der Waals surface area contributed by atoms with Crippen molar-refractivity contribution >= 4 is 29.2 Å². The number of hydrogen-bond donors (Lipinski definition) is 1. The van der Waals surface area contributed by atoms with Crippen LogP contribution in [0.4, 0.5) is 24.7 Å². The number of ether oxygens (including phenoxy) is 1. The van der Waals surface area contributed by atoms with Gasteiger partial charge in [0.15, 0.2) is 5.16 Å². The second-order valence-electron chi connectivity index (χ2n) is 10.4. The number of halogens is 3. The summed E-state index contributed by atoms with van der Waals surface area (Å²) in [5.41, 5.74) is 3.53. The molecule has 1 aromatic heterocycles. The van der Waals surface area contributed by atoms with Crippen LogP contribution in [0.2, 0.25) is 0 Å².